The van der Waals surface area contributed by atoms with Crippen molar-refractivity contribution in [1.29, 1.82) is 0 Å². The van der Waals surface area contributed by atoms with Crippen molar-refractivity contribution in [2.24, 2.45) is 0 Å². The van der Waals surface area contributed by atoms with Crippen molar-refractivity contribution in [2.45, 2.75) is 20.3 Å². The average molecular weight is 366 g/mol. The number of amides is 1. The number of carbonyl (C=O) groups excluding carboxylic acids is 1. The second-order valence-electron chi connectivity index (χ2n) is 5.90. The second kappa shape index (κ2) is 8.63. The summed E-state index contributed by atoms with van der Waals surface area (Å²) in [6.07, 6.45) is 0.823. The van der Waals surface area contributed by atoms with Gasteiger partial charge in [0.25, 0.3) is 0 Å². The van der Waals surface area contributed by atoms with E-state index in [2.05, 4.69) is 35.0 Å². The molecule has 1 amide bonds. The summed E-state index contributed by atoms with van der Waals surface area (Å²) >= 11 is 1.62. The first-order chi connectivity index (χ1) is 12.7. The molecule has 0 bridgehead atoms. The fourth-order valence-corrected chi connectivity index (χ4v) is 3.54. The Morgan fingerprint density at radius 1 is 1.15 bits per heavy atom. The van der Waals surface area contributed by atoms with E-state index in [1.165, 1.54) is 12.5 Å². The molecule has 1 aromatic heterocycles. The highest BCUT2D eigenvalue weighted by Gasteiger charge is 2.11. The van der Waals surface area contributed by atoms with Crippen molar-refractivity contribution in [2.75, 3.05) is 13.2 Å². The zero-order valence-corrected chi connectivity index (χ0v) is 15.8. The summed E-state index contributed by atoms with van der Waals surface area (Å²) in [5, 5.41) is 5.85. The number of hydrogen-bond donors (Lipinski definition) is 1. The number of rotatable bonds is 7. The molecule has 0 radical (unpaired) electrons. The number of para-hydroxylation sites is 1. The summed E-state index contributed by atoms with van der Waals surface area (Å²) in [6.45, 7) is 4.81. The molecule has 0 saturated heterocycles. The Kier molecular flexibility index (Phi) is 6.02. The summed E-state index contributed by atoms with van der Waals surface area (Å²) in [4.78, 5) is 15.7. The van der Waals surface area contributed by atoms with Gasteiger partial charge in [0.1, 0.15) is 10.8 Å². The largest absolute Gasteiger partial charge is 0.493 e. The minimum Gasteiger partial charge on any atom is -0.493 e. The van der Waals surface area contributed by atoms with E-state index < -0.39 is 0 Å². The van der Waals surface area contributed by atoms with Crippen LogP contribution in [0.3, 0.4) is 0 Å². The molecule has 0 unspecified atom stereocenters. The van der Waals surface area contributed by atoms with Crippen LogP contribution < -0.4 is 10.1 Å². The lowest BCUT2D eigenvalue weighted by atomic mass is 10.1. The maximum atomic E-state index is 10.9. The fraction of sp³-hybridized carbons (Fsp3) is 0.238. The lowest BCUT2D eigenvalue weighted by molar-refractivity contribution is -0.118. The predicted molar refractivity (Wildman–Crippen MR) is 107 cm³/mol. The third kappa shape index (κ3) is 4.49. The van der Waals surface area contributed by atoms with Crippen LogP contribution in [0.4, 0.5) is 0 Å². The topological polar surface area (TPSA) is 51.2 Å². The molecule has 1 heterocycles. The Morgan fingerprint density at radius 2 is 1.92 bits per heavy atom. The standard InChI is InChI=1S/C21H22N2O2S/c1-3-25-20-7-5-4-6-18(20)21-23-19(14-26-21)17-10-8-16(9-11-17)12-13-22-15(2)24/h4-11,14H,3,12-13H2,1-2H3,(H,22,24). The molecule has 5 heteroatoms. The molecular formula is C21H22N2O2S. The number of hydrogen-bond acceptors (Lipinski definition) is 4. The molecule has 134 valence electrons. The van der Waals surface area contributed by atoms with Crippen molar-refractivity contribution < 1.29 is 9.53 Å². The van der Waals surface area contributed by atoms with E-state index >= 15 is 0 Å². The summed E-state index contributed by atoms with van der Waals surface area (Å²) < 4.78 is 5.71. The normalized spacial score (nSPS) is 10.5. The van der Waals surface area contributed by atoms with Crippen LogP contribution in [0, 0.1) is 0 Å². The van der Waals surface area contributed by atoms with Gasteiger partial charge in [-0.3, -0.25) is 4.79 Å². The van der Waals surface area contributed by atoms with E-state index in [1.807, 2.05) is 31.2 Å². The Labute approximate surface area is 157 Å². The zero-order chi connectivity index (χ0) is 18.4. The molecular weight excluding hydrogens is 344 g/mol. The lowest BCUT2D eigenvalue weighted by Crippen LogP contribution is -2.22. The lowest BCUT2D eigenvalue weighted by Gasteiger charge is -2.07. The Bertz CT molecular complexity index is 872. The number of aromatic nitrogens is 1. The molecule has 0 aliphatic rings. The molecule has 0 aliphatic carbocycles. The quantitative estimate of drug-likeness (QED) is 0.667. The van der Waals surface area contributed by atoms with Crippen molar-refractivity contribution in [3.63, 3.8) is 0 Å². The van der Waals surface area contributed by atoms with Crippen LogP contribution in [0.25, 0.3) is 21.8 Å². The number of nitrogens with one attached hydrogen (secondary N) is 1. The highest BCUT2D eigenvalue weighted by atomic mass is 32.1. The fourth-order valence-electron chi connectivity index (χ4n) is 2.68. The maximum Gasteiger partial charge on any atom is 0.216 e. The van der Waals surface area contributed by atoms with Gasteiger partial charge in [0.05, 0.1) is 17.9 Å². The maximum absolute atomic E-state index is 10.9. The van der Waals surface area contributed by atoms with Gasteiger partial charge in [-0.05, 0) is 31.0 Å². The van der Waals surface area contributed by atoms with Gasteiger partial charge in [-0.2, -0.15) is 0 Å². The number of thiazole rings is 1. The first kappa shape index (κ1) is 18.1. The third-order valence-corrected chi connectivity index (χ3v) is 4.83. The zero-order valence-electron chi connectivity index (χ0n) is 15.0. The Morgan fingerprint density at radius 3 is 2.65 bits per heavy atom. The SMILES string of the molecule is CCOc1ccccc1-c1nc(-c2ccc(CCNC(C)=O)cc2)cs1. The molecule has 26 heavy (non-hydrogen) atoms. The minimum atomic E-state index is 0.00366. The van der Waals surface area contributed by atoms with Crippen LogP contribution in [0.2, 0.25) is 0 Å². The van der Waals surface area contributed by atoms with Gasteiger partial charge in [0.15, 0.2) is 0 Å². The van der Waals surface area contributed by atoms with Crippen LogP contribution in [0.5, 0.6) is 5.75 Å². The van der Waals surface area contributed by atoms with E-state index in [4.69, 9.17) is 9.72 Å². The molecule has 0 aliphatic heterocycles. The van der Waals surface area contributed by atoms with Gasteiger partial charge in [0, 0.05) is 24.4 Å². The van der Waals surface area contributed by atoms with Crippen molar-refractivity contribution in [1.82, 2.24) is 10.3 Å². The van der Waals surface area contributed by atoms with Gasteiger partial charge in [-0.25, -0.2) is 4.98 Å². The third-order valence-electron chi connectivity index (χ3n) is 3.96. The first-order valence-corrected chi connectivity index (χ1v) is 9.57. The van der Waals surface area contributed by atoms with Gasteiger partial charge < -0.3 is 10.1 Å². The summed E-state index contributed by atoms with van der Waals surface area (Å²) in [5.74, 6) is 0.869. The van der Waals surface area contributed by atoms with E-state index in [-0.39, 0.29) is 5.91 Å². The van der Waals surface area contributed by atoms with Gasteiger partial charge in [-0.1, -0.05) is 36.4 Å². The minimum absolute atomic E-state index is 0.00366. The molecule has 0 atom stereocenters. The van der Waals surface area contributed by atoms with E-state index in [0.29, 0.717) is 13.2 Å². The van der Waals surface area contributed by atoms with Gasteiger partial charge in [-0.15, -0.1) is 11.3 Å². The molecule has 1 N–H and O–H groups in total. The molecule has 3 rings (SSSR count). The summed E-state index contributed by atoms with van der Waals surface area (Å²) in [7, 11) is 0. The molecule has 3 aromatic rings. The molecule has 4 nitrogen and oxygen atoms in total. The van der Waals surface area contributed by atoms with Gasteiger partial charge in [0.2, 0.25) is 5.91 Å². The van der Waals surface area contributed by atoms with Crippen molar-refractivity contribution in [3.8, 4) is 27.6 Å². The van der Waals surface area contributed by atoms with E-state index in [0.717, 1.165) is 34.0 Å². The number of nitrogens with zero attached hydrogens (tertiary/aromatic N) is 1. The van der Waals surface area contributed by atoms with Crippen molar-refractivity contribution >= 4 is 17.2 Å². The Hall–Kier alpha value is -2.66. The number of carbonyl (C=O) groups is 1. The highest BCUT2D eigenvalue weighted by Crippen LogP contribution is 2.34. The van der Waals surface area contributed by atoms with Crippen LogP contribution in [0.15, 0.2) is 53.9 Å². The monoisotopic (exact) mass is 366 g/mol. The number of benzene rings is 2. The predicted octanol–water partition coefficient (Wildman–Crippen LogP) is 4.55. The van der Waals surface area contributed by atoms with Gasteiger partial charge >= 0.3 is 0 Å². The van der Waals surface area contributed by atoms with Crippen molar-refractivity contribution in [3.05, 3.63) is 59.5 Å². The molecule has 0 spiro atoms. The smallest absolute Gasteiger partial charge is 0.216 e. The average Bonchev–Trinajstić information content (AvgIpc) is 3.13. The second-order valence-corrected chi connectivity index (χ2v) is 6.76. The summed E-state index contributed by atoms with van der Waals surface area (Å²) in [5.41, 5.74) is 4.27. The molecule has 2 aromatic carbocycles. The first-order valence-electron chi connectivity index (χ1n) is 8.69. The molecule has 0 fully saturated rings. The van der Waals surface area contributed by atoms with Crippen LogP contribution >= 0.6 is 11.3 Å². The van der Waals surface area contributed by atoms with E-state index in [9.17, 15) is 4.79 Å². The highest BCUT2D eigenvalue weighted by molar-refractivity contribution is 7.13. The van der Waals surface area contributed by atoms with Crippen LogP contribution in [-0.2, 0) is 11.2 Å². The number of ether oxygens (including phenoxy) is 1. The van der Waals surface area contributed by atoms with Crippen LogP contribution in [0.1, 0.15) is 19.4 Å². The summed E-state index contributed by atoms with van der Waals surface area (Å²) in [6, 6.07) is 16.3. The van der Waals surface area contributed by atoms with E-state index in [1.54, 1.807) is 11.3 Å². The Balaban J connectivity index is 1.75. The van der Waals surface area contributed by atoms with Crippen LogP contribution in [-0.4, -0.2) is 24.0 Å². The molecule has 0 saturated carbocycles.